The molecule has 0 aromatic heterocycles. The average Bonchev–Trinajstić information content (AvgIpc) is 2.16. The molecule has 0 aliphatic heterocycles. The number of alkyl halides is 4. The molecule has 0 atom stereocenters. The molecule has 1 aromatic rings. The van der Waals surface area contributed by atoms with Crippen LogP contribution in [0.5, 0.6) is 0 Å². The van der Waals surface area contributed by atoms with Gasteiger partial charge < -0.3 is 0 Å². The molecule has 6 heteroatoms. The lowest BCUT2D eigenvalue weighted by Crippen LogP contribution is -2.55. The van der Waals surface area contributed by atoms with Gasteiger partial charge in [0.1, 0.15) is 8.07 Å². The normalized spacial score (nSPS) is 13.8. The Balaban J connectivity index is 2.96. The van der Waals surface area contributed by atoms with Crippen LogP contribution in [0.4, 0.5) is 17.6 Å². The maximum atomic E-state index is 13.7. The highest BCUT2D eigenvalue weighted by Gasteiger charge is 2.64. The summed E-state index contributed by atoms with van der Waals surface area (Å²) in [5.41, 5.74) is -3.94. The molecule has 0 fully saturated rings. The molecular weight excluding hydrogens is 268 g/mol. The van der Waals surface area contributed by atoms with E-state index in [0.717, 1.165) is 0 Å². The van der Waals surface area contributed by atoms with Crippen LogP contribution in [0.1, 0.15) is 0 Å². The average molecular weight is 282 g/mol. The summed E-state index contributed by atoms with van der Waals surface area (Å²) < 4.78 is 54.6. The third kappa shape index (κ3) is 3.04. The molecule has 0 aliphatic carbocycles. The third-order valence-electron chi connectivity index (χ3n) is 2.30. The number of hydrogen-bond acceptors (Lipinski definition) is 1. The number of benzene rings is 1. The minimum Gasteiger partial charge on any atom is -0.204 e. The monoisotopic (exact) mass is 282 g/mol. The van der Waals surface area contributed by atoms with Gasteiger partial charge in [-0.25, -0.2) is 8.78 Å². The van der Waals surface area contributed by atoms with Crippen molar-refractivity contribution in [2.75, 3.05) is 0 Å². The molecule has 0 aliphatic rings. The molecule has 0 N–H and O–H groups in total. The third-order valence-corrected chi connectivity index (χ3v) is 5.70. The summed E-state index contributed by atoms with van der Waals surface area (Å²) in [6.07, 6.45) is 0. The van der Waals surface area contributed by atoms with Crippen LogP contribution in [-0.4, -0.2) is 18.9 Å². The van der Waals surface area contributed by atoms with Gasteiger partial charge in [0.2, 0.25) is 0 Å². The van der Waals surface area contributed by atoms with Crippen molar-refractivity contribution in [3.05, 3.63) is 30.3 Å². The predicted octanol–water partition coefficient (Wildman–Crippen LogP) is 4.88. The van der Waals surface area contributed by atoms with Crippen molar-refractivity contribution in [2.24, 2.45) is 0 Å². The Bertz CT molecular complexity index is 373. The van der Waals surface area contributed by atoms with Crippen molar-refractivity contribution in [3.63, 3.8) is 0 Å². The number of hydrogen-bond donors (Lipinski definition) is 0. The van der Waals surface area contributed by atoms with E-state index in [1.807, 2.05) is 0 Å². The van der Waals surface area contributed by atoms with Crippen LogP contribution < -0.4 is 0 Å². The highest BCUT2D eigenvalue weighted by atomic mass is 32.2. The molecule has 0 nitrogen and oxygen atoms in total. The van der Waals surface area contributed by atoms with Gasteiger partial charge >= 0.3 is 5.25 Å². The van der Waals surface area contributed by atoms with Crippen molar-refractivity contribution in [3.8, 4) is 0 Å². The van der Waals surface area contributed by atoms with Crippen LogP contribution in [-0.2, 0) is 0 Å². The van der Waals surface area contributed by atoms with Gasteiger partial charge in [-0.3, -0.25) is 0 Å². The standard InChI is InChI=1S/C11H14F4SSi/c1-17(2,3)11(14,15)10(12,13)16-9-7-5-4-6-8-9/h4-8H,1-3H3. The first kappa shape index (κ1) is 14.6. The lowest BCUT2D eigenvalue weighted by molar-refractivity contribution is -0.0985. The summed E-state index contributed by atoms with van der Waals surface area (Å²) >= 11 is -0.0689. The molecule has 0 saturated carbocycles. The van der Waals surface area contributed by atoms with E-state index in [2.05, 4.69) is 0 Å². The second kappa shape index (κ2) is 4.64. The van der Waals surface area contributed by atoms with Crippen molar-refractivity contribution >= 4 is 19.8 Å². The van der Waals surface area contributed by atoms with Crippen LogP contribution in [0.15, 0.2) is 35.2 Å². The SMILES string of the molecule is C[Si](C)(C)C(F)(F)C(F)(F)Sc1ccccc1. The zero-order chi connectivity index (χ0) is 13.3. The lowest BCUT2D eigenvalue weighted by Gasteiger charge is -2.34. The van der Waals surface area contributed by atoms with Crippen LogP contribution in [0.3, 0.4) is 0 Å². The summed E-state index contributed by atoms with van der Waals surface area (Å²) in [6.45, 7) is 3.73. The Morgan fingerprint density at radius 3 is 1.82 bits per heavy atom. The first-order valence-electron chi connectivity index (χ1n) is 5.07. The van der Waals surface area contributed by atoms with Gasteiger partial charge in [-0.1, -0.05) is 37.8 Å². The van der Waals surface area contributed by atoms with E-state index in [9.17, 15) is 17.6 Å². The van der Waals surface area contributed by atoms with Gasteiger partial charge in [-0.15, -0.1) is 0 Å². The van der Waals surface area contributed by atoms with Gasteiger partial charge in [0.15, 0.2) is 0 Å². The molecule has 1 aromatic carbocycles. The van der Waals surface area contributed by atoms with Crippen molar-refractivity contribution in [1.82, 2.24) is 0 Å². The van der Waals surface area contributed by atoms with Gasteiger partial charge in [0.25, 0.3) is 5.55 Å². The molecule has 0 unspecified atom stereocenters. The molecule has 0 radical (unpaired) electrons. The van der Waals surface area contributed by atoms with E-state index in [0.29, 0.717) is 0 Å². The maximum Gasteiger partial charge on any atom is 0.356 e. The minimum atomic E-state index is -4.07. The fraction of sp³-hybridized carbons (Fsp3) is 0.455. The van der Waals surface area contributed by atoms with Gasteiger partial charge in [0, 0.05) is 4.90 Å². The molecule has 1 rings (SSSR count). The largest absolute Gasteiger partial charge is 0.356 e. The number of rotatable bonds is 4. The molecule has 0 heterocycles. The second-order valence-electron chi connectivity index (χ2n) is 4.76. The van der Waals surface area contributed by atoms with Crippen molar-refractivity contribution < 1.29 is 17.6 Å². The molecule has 0 bridgehead atoms. The Kier molecular flexibility index (Phi) is 3.98. The lowest BCUT2D eigenvalue weighted by atomic mass is 10.4. The summed E-state index contributed by atoms with van der Waals surface area (Å²) in [7, 11) is -3.28. The zero-order valence-corrected chi connectivity index (χ0v) is 11.6. The smallest absolute Gasteiger partial charge is 0.204 e. The van der Waals surface area contributed by atoms with Crippen LogP contribution in [0, 0.1) is 0 Å². The van der Waals surface area contributed by atoms with Crippen molar-refractivity contribution in [2.45, 2.75) is 35.3 Å². The first-order valence-corrected chi connectivity index (χ1v) is 9.39. The predicted molar refractivity (Wildman–Crippen MR) is 65.5 cm³/mol. The quantitative estimate of drug-likeness (QED) is 0.431. The van der Waals surface area contributed by atoms with Crippen molar-refractivity contribution in [1.29, 1.82) is 0 Å². The molecule has 0 amide bonds. The molecule has 0 spiro atoms. The summed E-state index contributed by atoms with van der Waals surface area (Å²) in [5.74, 6) is 0. The van der Waals surface area contributed by atoms with E-state index in [-0.39, 0.29) is 16.7 Å². The van der Waals surface area contributed by atoms with E-state index in [1.165, 1.54) is 31.8 Å². The van der Waals surface area contributed by atoms with Crippen LogP contribution in [0.25, 0.3) is 0 Å². The molecular formula is C11H14F4SSi. The summed E-state index contributed by atoms with van der Waals surface area (Å²) in [5, 5.41) is -4.07. The molecule has 96 valence electrons. The zero-order valence-electron chi connectivity index (χ0n) is 9.81. The summed E-state index contributed by atoms with van der Waals surface area (Å²) in [4.78, 5) is 0.149. The maximum absolute atomic E-state index is 13.7. The Hall–Kier alpha value is -0.493. The van der Waals surface area contributed by atoms with E-state index in [1.54, 1.807) is 18.2 Å². The molecule has 17 heavy (non-hydrogen) atoms. The fourth-order valence-corrected chi connectivity index (χ4v) is 3.80. The van der Waals surface area contributed by atoms with Gasteiger partial charge in [0.05, 0.1) is 0 Å². The van der Waals surface area contributed by atoms with Crippen LogP contribution >= 0.6 is 11.8 Å². The highest BCUT2D eigenvalue weighted by Crippen LogP contribution is 2.50. The van der Waals surface area contributed by atoms with Crippen LogP contribution in [0.2, 0.25) is 19.6 Å². The Labute approximate surface area is 103 Å². The van der Waals surface area contributed by atoms with E-state index in [4.69, 9.17) is 0 Å². The number of halogens is 4. The highest BCUT2D eigenvalue weighted by molar-refractivity contribution is 8.00. The van der Waals surface area contributed by atoms with E-state index < -0.39 is 18.9 Å². The minimum absolute atomic E-state index is 0.0689. The second-order valence-corrected chi connectivity index (χ2v) is 11.1. The van der Waals surface area contributed by atoms with Gasteiger partial charge in [-0.05, 0) is 23.9 Å². The number of thioether (sulfide) groups is 1. The van der Waals surface area contributed by atoms with Gasteiger partial charge in [-0.2, -0.15) is 8.78 Å². The van der Waals surface area contributed by atoms with E-state index >= 15 is 0 Å². The Morgan fingerprint density at radius 2 is 1.41 bits per heavy atom. The fourth-order valence-electron chi connectivity index (χ4n) is 1.14. The molecule has 0 saturated heterocycles. The topological polar surface area (TPSA) is 0 Å². The first-order chi connectivity index (χ1) is 7.58. The summed E-state index contributed by atoms with van der Waals surface area (Å²) in [6, 6.07) is 7.55. The Morgan fingerprint density at radius 1 is 0.941 bits per heavy atom.